The van der Waals surface area contributed by atoms with Crippen molar-refractivity contribution in [2.24, 2.45) is 0 Å². The topological polar surface area (TPSA) is 46.5 Å². The number of aliphatic carboxylic acids is 1. The first-order chi connectivity index (χ1) is 6.63. The third kappa shape index (κ3) is 3.17. The molecule has 0 saturated carbocycles. The number of benzene rings is 1. The Labute approximate surface area is 96.2 Å². The van der Waals surface area contributed by atoms with Gasteiger partial charge >= 0.3 is 5.97 Å². The molecule has 0 heterocycles. The van der Waals surface area contributed by atoms with Crippen LogP contribution in [0.4, 0.5) is 0 Å². The summed E-state index contributed by atoms with van der Waals surface area (Å²) in [5.41, 5.74) is 0.990. The number of halogens is 1. The highest BCUT2D eigenvalue weighted by Gasteiger charge is 2.03. The molecule has 0 bridgehead atoms. The Morgan fingerprint density at radius 1 is 1.57 bits per heavy atom. The van der Waals surface area contributed by atoms with E-state index in [0.717, 1.165) is 14.9 Å². The standard InChI is InChI=1S/C10H11IO3/c1-14-9-6-7(2-4-8(9)11)3-5-10(12)13/h2,4,6H,3,5H2,1H3,(H,12,13). The maximum Gasteiger partial charge on any atom is 0.303 e. The van der Waals surface area contributed by atoms with E-state index in [4.69, 9.17) is 9.84 Å². The van der Waals surface area contributed by atoms with E-state index < -0.39 is 5.97 Å². The minimum absolute atomic E-state index is 0.156. The second-order valence-electron chi connectivity index (χ2n) is 2.86. The van der Waals surface area contributed by atoms with E-state index >= 15 is 0 Å². The zero-order chi connectivity index (χ0) is 10.6. The summed E-state index contributed by atoms with van der Waals surface area (Å²) < 4.78 is 6.17. The van der Waals surface area contributed by atoms with E-state index in [9.17, 15) is 4.79 Å². The van der Waals surface area contributed by atoms with Crippen LogP contribution in [0.5, 0.6) is 5.75 Å². The largest absolute Gasteiger partial charge is 0.496 e. The van der Waals surface area contributed by atoms with Crippen molar-refractivity contribution in [3.8, 4) is 5.75 Å². The molecule has 0 saturated heterocycles. The van der Waals surface area contributed by atoms with E-state index in [-0.39, 0.29) is 6.42 Å². The van der Waals surface area contributed by atoms with Crippen molar-refractivity contribution >= 4 is 28.6 Å². The Morgan fingerprint density at radius 3 is 2.86 bits per heavy atom. The normalized spacial score (nSPS) is 9.86. The lowest BCUT2D eigenvalue weighted by Gasteiger charge is -2.05. The molecule has 0 fully saturated rings. The van der Waals surface area contributed by atoms with Crippen molar-refractivity contribution in [3.63, 3.8) is 0 Å². The van der Waals surface area contributed by atoms with Crippen LogP contribution in [0, 0.1) is 3.57 Å². The van der Waals surface area contributed by atoms with Crippen molar-refractivity contribution in [2.75, 3.05) is 7.11 Å². The van der Waals surface area contributed by atoms with Gasteiger partial charge in [0, 0.05) is 6.42 Å². The summed E-state index contributed by atoms with van der Waals surface area (Å²) in [5.74, 6) is 0.0241. The van der Waals surface area contributed by atoms with Crippen molar-refractivity contribution in [1.82, 2.24) is 0 Å². The fraction of sp³-hybridized carbons (Fsp3) is 0.300. The van der Waals surface area contributed by atoms with E-state index in [1.807, 2.05) is 18.2 Å². The zero-order valence-electron chi connectivity index (χ0n) is 7.79. The van der Waals surface area contributed by atoms with Crippen LogP contribution < -0.4 is 4.74 Å². The Kier molecular flexibility index (Phi) is 4.19. The second kappa shape index (κ2) is 5.19. The minimum Gasteiger partial charge on any atom is -0.496 e. The highest BCUT2D eigenvalue weighted by Crippen LogP contribution is 2.22. The summed E-state index contributed by atoms with van der Waals surface area (Å²) in [4.78, 5) is 10.4. The molecule has 14 heavy (non-hydrogen) atoms. The average Bonchev–Trinajstić information content (AvgIpc) is 2.16. The summed E-state index contributed by atoms with van der Waals surface area (Å²) in [6.45, 7) is 0. The van der Waals surface area contributed by atoms with Gasteiger partial charge in [-0.2, -0.15) is 0 Å². The molecule has 0 aromatic heterocycles. The molecular weight excluding hydrogens is 295 g/mol. The maximum atomic E-state index is 10.4. The lowest BCUT2D eigenvalue weighted by molar-refractivity contribution is -0.136. The quantitative estimate of drug-likeness (QED) is 0.868. The smallest absolute Gasteiger partial charge is 0.303 e. The Bertz CT molecular complexity index is 336. The first-order valence-electron chi connectivity index (χ1n) is 4.17. The van der Waals surface area contributed by atoms with Gasteiger partial charge in [0.05, 0.1) is 10.7 Å². The summed E-state index contributed by atoms with van der Waals surface area (Å²) >= 11 is 2.18. The lowest BCUT2D eigenvalue weighted by Crippen LogP contribution is -1.98. The molecule has 0 atom stereocenters. The van der Waals surface area contributed by atoms with Crippen LogP contribution in [0.15, 0.2) is 18.2 Å². The Morgan fingerprint density at radius 2 is 2.29 bits per heavy atom. The number of methoxy groups -OCH3 is 1. The molecule has 0 amide bonds. The van der Waals surface area contributed by atoms with Gasteiger partial charge in [0.1, 0.15) is 5.75 Å². The molecule has 76 valence electrons. The highest BCUT2D eigenvalue weighted by molar-refractivity contribution is 14.1. The molecule has 1 N–H and O–H groups in total. The zero-order valence-corrected chi connectivity index (χ0v) is 9.95. The maximum absolute atomic E-state index is 10.4. The van der Waals surface area contributed by atoms with Gasteiger partial charge in [0.15, 0.2) is 0 Å². The average molecular weight is 306 g/mol. The van der Waals surface area contributed by atoms with Gasteiger partial charge < -0.3 is 9.84 Å². The van der Waals surface area contributed by atoms with Crippen molar-refractivity contribution in [1.29, 1.82) is 0 Å². The summed E-state index contributed by atoms with van der Waals surface area (Å²) in [6, 6.07) is 5.73. The van der Waals surface area contributed by atoms with Crippen LogP contribution in [-0.4, -0.2) is 18.2 Å². The molecular formula is C10H11IO3. The first-order valence-corrected chi connectivity index (χ1v) is 5.25. The fourth-order valence-corrected chi connectivity index (χ4v) is 1.67. The SMILES string of the molecule is COc1cc(CCC(=O)O)ccc1I. The van der Waals surface area contributed by atoms with E-state index in [1.54, 1.807) is 7.11 Å². The van der Waals surface area contributed by atoms with Crippen molar-refractivity contribution in [3.05, 3.63) is 27.3 Å². The summed E-state index contributed by atoms with van der Waals surface area (Å²) in [5, 5.41) is 8.52. The number of carbonyl (C=O) groups is 1. The van der Waals surface area contributed by atoms with E-state index in [0.29, 0.717) is 6.42 Å². The van der Waals surface area contributed by atoms with Crippen molar-refractivity contribution < 1.29 is 14.6 Å². The predicted molar refractivity (Wildman–Crippen MR) is 61.7 cm³/mol. The van der Waals surface area contributed by atoms with Crippen LogP contribution in [0.2, 0.25) is 0 Å². The number of carboxylic acid groups (broad SMARTS) is 1. The number of carboxylic acids is 1. The summed E-state index contributed by atoms with van der Waals surface area (Å²) in [7, 11) is 1.61. The third-order valence-corrected chi connectivity index (χ3v) is 2.73. The number of hydrogen-bond donors (Lipinski definition) is 1. The molecule has 1 aromatic carbocycles. The van der Waals surface area contributed by atoms with Gasteiger partial charge in [-0.3, -0.25) is 4.79 Å². The molecule has 0 unspecified atom stereocenters. The lowest BCUT2D eigenvalue weighted by atomic mass is 10.1. The molecule has 1 rings (SSSR count). The monoisotopic (exact) mass is 306 g/mol. The number of rotatable bonds is 4. The van der Waals surface area contributed by atoms with E-state index in [2.05, 4.69) is 22.6 Å². The summed E-state index contributed by atoms with van der Waals surface area (Å²) in [6.07, 6.45) is 0.701. The Hall–Kier alpha value is -0.780. The molecule has 0 aliphatic carbocycles. The van der Waals surface area contributed by atoms with Gasteiger partial charge in [0.25, 0.3) is 0 Å². The molecule has 0 aliphatic heterocycles. The third-order valence-electron chi connectivity index (χ3n) is 1.84. The van der Waals surface area contributed by atoms with Crippen molar-refractivity contribution in [2.45, 2.75) is 12.8 Å². The van der Waals surface area contributed by atoms with Gasteiger partial charge in [-0.25, -0.2) is 0 Å². The van der Waals surface area contributed by atoms with Gasteiger partial charge in [-0.05, 0) is 46.7 Å². The number of hydrogen-bond acceptors (Lipinski definition) is 2. The van der Waals surface area contributed by atoms with Crippen LogP contribution in [-0.2, 0) is 11.2 Å². The number of ether oxygens (including phenoxy) is 1. The van der Waals surface area contributed by atoms with Gasteiger partial charge in [-0.1, -0.05) is 6.07 Å². The number of aryl methyl sites for hydroxylation is 1. The second-order valence-corrected chi connectivity index (χ2v) is 4.02. The Balaban J connectivity index is 2.74. The molecule has 4 heteroatoms. The molecule has 0 spiro atoms. The molecule has 0 radical (unpaired) electrons. The van der Waals surface area contributed by atoms with Gasteiger partial charge in [0.2, 0.25) is 0 Å². The molecule has 0 aliphatic rings. The fourth-order valence-electron chi connectivity index (χ4n) is 1.11. The van der Waals surface area contributed by atoms with Crippen LogP contribution in [0.25, 0.3) is 0 Å². The van der Waals surface area contributed by atoms with E-state index in [1.165, 1.54) is 0 Å². The van der Waals surface area contributed by atoms with Crippen LogP contribution in [0.3, 0.4) is 0 Å². The van der Waals surface area contributed by atoms with Crippen LogP contribution in [0.1, 0.15) is 12.0 Å². The molecule has 1 aromatic rings. The van der Waals surface area contributed by atoms with Crippen LogP contribution >= 0.6 is 22.6 Å². The predicted octanol–water partition coefficient (Wildman–Crippen LogP) is 2.32. The van der Waals surface area contributed by atoms with Gasteiger partial charge in [-0.15, -0.1) is 0 Å². The molecule has 3 nitrogen and oxygen atoms in total. The highest BCUT2D eigenvalue weighted by atomic mass is 127. The first kappa shape index (κ1) is 11.3. The minimum atomic E-state index is -0.775.